The number of benzene rings is 9. The number of anilines is 3. The van der Waals surface area contributed by atoms with Gasteiger partial charge >= 0.3 is 0 Å². The number of furan rings is 3. The standard InChI is InChI=1S/C55H32N4O3/c1-2-15-36(16-3-1)59(37-27-28-48-43(30-37)39-17-6-9-21-45(39)60-48)38-31-44(52-41-19-8-11-23-47(41)62-50(52)32-38)55-57-53(35-26-25-33-13-4-5-14-34(33)29-35)56-54(58-55)42-20-12-24-49-51(42)40-18-7-10-22-46(40)61-49/h1-32H. The maximum Gasteiger partial charge on any atom is 0.164 e. The number of fused-ring (bicyclic) bond motifs is 10. The van der Waals surface area contributed by atoms with Gasteiger partial charge in [-0.1, -0.05) is 121 Å². The van der Waals surface area contributed by atoms with Crippen LogP contribution in [0.5, 0.6) is 0 Å². The van der Waals surface area contributed by atoms with Crippen molar-refractivity contribution in [3.63, 3.8) is 0 Å². The molecule has 4 heterocycles. The molecule has 0 unspecified atom stereocenters. The first kappa shape index (κ1) is 34.3. The third-order valence-electron chi connectivity index (χ3n) is 11.9. The van der Waals surface area contributed by atoms with Crippen molar-refractivity contribution in [2.75, 3.05) is 4.90 Å². The highest BCUT2D eigenvalue weighted by atomic mass is 16.3. The summed E-state index contributed by atoms with van der Waals surface area (Å²) < 4.78 is 19.4. The lowest BCUT2D eigenvalue weighted by atomic mass is 10.0. The van der Waals surface area contributed by atoms with E-state index >= 15 is 0 Å². The van der Waals surface area contributed by atoms with E-state index in [1.807, 2.05) is 72.8 Å². The van der Waals surface area contributed by atoms with E-state index in [2.05, 4.69) is 126 Å². The molecule has 13 aromatic rings. The second-order valence-corrected chi connectivity index (χ2v) is 15.6. The van der Waals surface area contributed by atoms with Crippen LogP contribution in [0, 0.1) is 0 Å². The maximum atomic E-state index is 6.74. The van der Waals surface area contributed by atoms with Crippen LogP contribution in [0.3, 0.4) is 0 Å². The van der Waals surface area contributed by atoms with Crippen molar-refractivity contribution in [3.05, 3.63) is 194 Å². The van der Waals surface area contributed by atoms with E-state index in [0.717, 1.165) is 105 Å². The fourth-order valence-electron chi connectivity index (χ4n) is 9.06. The molecule has 62 heavy (non-hydrogen) atoms. The molecule has 0 fully saturated rings. The Morgan fingerprint density at radius 1 is 0.306 bits per heavy atom. The van der Waals surface area contributed by atoms with E-state index < -0.39 is 0 Å². The van der Waals surface area contributed by atoms with Crippen molar-refractivity contribution in [2.24, 2.45) is 0 Å². The van der Waals surface area contributed by atoms with Gasteiger partial charge in [-0.3, -0.25) is 0 Å². The fraction of sp³-hybridized carbons (Fsp3) is 0. The minimum Gasteiger partial charge on any atom is -0.456 e. The zero-order valence-electron chi connectivity index (χ0n) is 33.0. The van der Waals surface area contributed by atoms with Gasteiger partial charge in [0.05, 0.1) is 5.69 Å². The Bertz CT molecular complexity index is 3900. The summed E-state index contributed by atoms with van der Waals surface area (Å²) in [6.45, 7) is 0. The normalized spacial score (nSPS) is 11.9. The SMILES string of the molecule is c1ccc(N(c2cc(-c3nc(-c4ccc5ccccc5c4)nc(-c4cccc5oc6ccccc6c45)n3)c3c(c2)oc2ccccc23)c2ccc3oc4ccccc4c3c2)cc1. The summed E-state index contributed by atoms with van der Waals surface area (Å²) in [5, 5.41) is 8.18. The summed E-state index contributed by atoms with van der Waals surface area (Å²) in [4.78, 5) is 18.3. The van der Waals surface area contributed by atoms with Crippen LogP contribution in [-0.2, 0) is 0 Å². The number of aromatic nitrogens is 3. The van der Waals surface area contributed by atoms with E-state index in [-0.39, 0.29) is 0 Å². The van der Waals surface area contributed by atoms with Crippen LogP contribution in [0.4, 0.5) is 17.1 Å². The molecular formula is C55H32N4O3. The monoisotopic (exact) mass is 796 g/mol. The molecule has 0 atom stereocenters. The predicted molar refractivity (Wildman–Crippen MR) is 250 cm³/mol. The molecule has 13 rings (SSSR count). The molecule has 7 nitrogen and oxygen atoms in total. The van der Waals surface area contributed by atoms with Gasteiger partial charge in [0.15, 0.2) is 17.5 Å². The summed E-state index contributed by atoms with van der Waals surface area (Å²) in [6.07, 6.45) is 0. The Morgan fingerprint density at radius 2 is 0.887 bits per heavy atom. The molecule has 0 aliphatic heterocycles. The lowest BCUT2D eigenvalue weighted by molar-refractivity contribution is 0.668. The average Bonchev–Trinajstić information content (AvgIpc) is 4.03. The summed E-state index contributed by atoms with van der Waals surface area (Å²) >= 11 is 0. The molecule has 9 aromatic carbocycles. The molecule has 0 saturated carbocycles. The topological polar surface area (TPSA) is 81.3 Å². The predicted octanol–water partition coefficient (Wildman–Crippen LogP) is 15.2. The quantitative estimate of drug-likeness (QED) is 0.166. The van der Waals surface area contributed by atoms with Gasteiger partial charge in [0.1, 0.15) is 33.5 Å². The number of rotatable bonds is 6. The third kappa shape index (κ3) is 5.42. The van der Waals surface area contributed by atoms with Crippen LogP contribution in [-0.4, -0.2) is 15.0 Å². The third-order valence-corrected chi connectivity index (χ3v) is 11.9. The Hall–Kier alpha value is -8.55. The van der Waals surface area contributed by atoms with Gasteiger partial charge in [-0.05, 0) is 77.5 Å². The van der Waals surface area contributed by atoms with E-state index in [1.54, 1.807) is 0 Å². The van der Waals surface area contributed by atoms with Crippen LogP contribution in [0.15, 0.2) is 207 Å². The first-order valence-electron chi connectivity index (χ1n) is 20.6. The minimum absolute atomic E-state index is 0.519. The molecule has 4 aromatic heterocycles. The lowest BCUT2D eigenvalue weighted by Crippen LogP contribution is -2.10. The fourth-order valence-corrected chi connectivity index (χ4v) is 9.06. The van der Waals surface area contributed by atoms with Gasteiger partial charge < -0.3 is 18.2 Å². The number of nitrogens with zero attached hydrogens (tertiary/aromatic N) is 4. The highest BCUT2D eigenvalue weighted by Crippen LogP contribution is 2.45. The molecule has 0 saturated heterocycles. The molecular weight excluding hydrogens is 765 g/mol. The van der Waals surface area contributed by atoms with Crippen molar-refractivity contribution in [1.82, 2.24) is 15.0 Å². The average molecular weight is 797 g/mol. The summed E-state index contributed by atoms with van der Waals surface area (Å²) in [7, 11) is 0. The number of para-hydroxylation sites is 4. The Labute approximate surface area is 353 Å². The summed E-state index contributed by atoms with van der Waals surface area (Å²) in [6, 6.07) is 66.2. The molecule has 0 amide bonds. The second-order valence-electron chi connectivity index (χ2n) is 15.6. The zero-order valence-corrected chi connectivity index (χ0v) is 33.0. The first-order valence-corrected chi connectivity index (χ1v) is 20.6. The molecule has 290 valence electrons. The second kappa shape index (κ2) is 13.5. The van der Waals surface area contributed by atoms with Gasteiger partial charge in [-0.25, -0.2) is 15.0 Å². The Morgan fingerprint density at radius 3 is 1.68 bits per heavy atom. The largest absolute Gasteiger partial charge is 0.456 e. The summed E-state index contributed by atoms with van der Waals surface area (Å²) in [5.41, 5.74) is 10.1. The zero-order chi connectivity index (χ0) is 40.7. The van der Waals surface area contributed by atoms with Gasteiger partial charge in [-0.2, -0.15) is 0 Å². The molecule has 7 heteroatoms. The number of hydrogen-bond acceptors (Lipinski definition) is 7. The molecule has 0 bridgehead atoms. The maximum absolute atomic E-state index is 6.74. The van der Waals surface area contributed by atoms with Crippen LogP contribution in [0.25, 0.3) is 111 Å². The molecule has 0 N–H and O–H groups in total. The Kier molecular flexibility index (Phi) is 7.47. The van der Waals surface area contributed by atoms with Gasteiger partial charge in [0.2, 0.25) is 0 Å². The van der Waals surface area contributed by atoms with Crippen molar-refractivity contribution in [2.45, 2.75) is 0 Å². The minimum atomic E-state index is 0.519. The van der Waals surface area contributed by atoms with Gasteiger partial charge in [-0.15, -0.1) is 0 Å². The number of hydrogen-bond donors (Lipinski definition) is 0. The van der Waals surface area contributed by atoms with Crippen molar-refractivity contribution < 1.29 is 13.3 Å². The van der Waals surface area contributed by atoms with E-state index in [0.29, 0.717) is 23.1 Å². The molecule has 0 spiro atoms. The van der Waals surface area contributed by atoms with E-state index in [9.17, 15) is 0 Å². The van der Waals surface area contributed by atoms with E-state index in [1.165, 1.54) is 0 Å². The highest BCUT2D eigenvalue weighted by Gasteiger charge is 2.24. The van der Waals surface area contributed by atoms with E-state index in [4.69, 9.17) is 28.2 Å². The molecule has 0 radical (unpaired) electrons. The van der Waals surface area contributed by atoms with Crippen LogP contribution in [0.2, 0.25) is 0 Å². The van der Waals surface area contributed by atoms with Crippen molar-refractivity contribution in [3.8, 4) is 34.2 Å². The molecule has 0 aliphatic rings. The first-order chi connectivity index (χ1) is 30.7. The van der Waals surface area contributed by atoms with Crippen LogP contribution >= 0.6 is 0 Å². The van der Waals surface area contributed by atoms with Crippen LogP contribution in [0.1, 0.15) is 0 Å². The lowest BCUT2D eigenvalue weighted by Gasteiger charge is -2.26. The van der Waals surface area contributed by atoms with Crippen molar-refractivity contribution >= 4 is 93.7 Å². The summed E-state index contributed by atoms with van der Waals surface area (Å²) in [5.74, 6) is 1.62. The smallest absolute Gasteiger partial charge is 0.164 e. The van der Waals surface area contributed by atoms with Crippen molar-refractivity contribution in [1.29, 1.82) is 0 Å². The van der Waals surface area contributed by atoms with Crippen LogP contribution < -0.4 is 4.90 Å². The van der Waals surface area contributed by atoms with Gasteiger partial charge in [0.25, 0.3) is 0 Å². The Balaban J connectivity index is 1.10. The molecule has 0 aliphatic carbocycles. The van der Waals surface area contributed by atoms with Gasteiger partial charge in [0, 0.05) is 66.4 Å². The highest BCUT2D eigenvalue weighted by molar-refractivity contribution is 6.15.